The van der Waals surface area contributed by atoms with Gasteiger partial charge in [-0.2, -0.15) is 0 Å². The maximum Gasteiger partial charge on any atom is 0.347 e. The van der Waals surface area contributed by atoms with E-state index in [4.69, 9.17) is 23.7 Å². The molecule has 0 amide bonds. The van der Waals surface area contributed by atoms with E-state index < -0.39 is 35.4 Å². The molecule has 2 heterocycles. The molecule has 1 aliphatic carbocycles. The molecule has 0 saturated carbocycles. The first-order valence-electron chi connectivity index (χ1n) is 15.2. The molecule has 46 heavy (non-hydrogen) atoms. The van der Waals surface area contributed by atoms with E-state index in [0.29, 0.717) is 24.4 Å². The minimum Gasteiger partial charge on any atom is -0.477 e. The molecule has 0 aromatic heterocycles. The number of rotatable bonds is 6. The molecule has 6 rings (SSSR count). The number of esters is 4. The molecule has 0 unspecified atom stereocenters. The third kappa shape index (κ3) is 5.32. The summed E-state index contributed by atoms with van der Waals surface area (Å²) in [5, 5.41) is 0. The van der Waals surface area contributed by atoms with Crippen molar-refractivity contribution in [3.05, 3.63) is 94.8 Å². The smallest absolute Gasteiger partial charge is 0.347 e. The standard InChI is InChI=1S/C36H35NO9/c1-20-14-16-29(44-34(40)24-10-6-8-12-27(24)42-22(3)38)32-31(20)36-18-19-37(5)21(2)26(36)15-17-30(33(36)46-32)45-35(41)25-11-7-9-13-28(25)43-23(4)39/h6-14,16-17,21,26,33H,15,18-19H2,1-5H3/t21-,26+,33+,36+/m1/s1. The predicted octanol–water partition coefficient (Wildman–Crippen LogP) is 5.55. The van der Waals surface area contributed by atoms with Gasteiger partial charge in [0.2, 0.25) is 0 Å². The van der Waals surface area contributed by atoms with E-state index in [0.717, 1.165) is 17.7 Å². The second-order valence-corrected chi connectivity index (χ2v) is 12.0. The summed E-state index contributed by atoms with van der Waals surface area (Å²) < 4.78 is 29.3. The van der Waals surface area contributed by atoms with Crippen LogP contribution in [0.15, 0.2) is 72.5 Å². The zero-order valence-electron chi connectivity index (χ0n) is 26.3. The Bertz CT molecular complexity index is 1780. The molecule has 0 radical (unpaired) electrons. The van der Waals surface area contributed by atoms with Crippen molar-refractivity contribution in [1.82, 2.24) is 4.90 Å². The monoisotopic (exact) mass is 625 g/mol. The van der Waals surface area contributed by atoms with Gasteiger partial charge in [-0.15, -0.1) is 0 Å². The van der Waals surface area contributed by atoms with Gasteiger partial charge in [0.1, 0.15) is 28.4 Å². The van der Waals surface area contributed by atoms with Crippen molar-refractivity contribution >= 4 is 23.9 Å². The highest BCUT2D eigenvalue weighted by Crippen LogP contribution is 2.61. The highest BCUT2D eigenvalue weighted by molar-refractivity contribution is 5.95. The number of likely N-dealkylation sites (tertiary alicyclic amines) is 1. The van der Waals surface area contributed by atoms with E-state index in [1.165, 1.54) is 32.0 Å². The maximum atomic E-state index is 13.6. The normalized spacial score (nSPS) is 23.1. The number of aryl methyl sites for hydroxylation is 1. The number of nitrogens with zero attached hydrogens (tertiary/aromatic N) is 1. The van der Waals surface area contributed by atoms with E-state index >= 15 is 0 Å². The van der Waals surface area contributed by atoms with Gasteiger partial charge in [-0.3, -0.25) is 9.59 Å². The fraction of sp³-hybridized carbons (Fsp3) is 0.333. The van der Waals surface area contributed by atoms with Crippen molar-refractivity contribution in [2.45, 2.75) is 58.1 Å². The van der Waals surface area contributed by atoms with Crippen LogP contribution in [0.1, 0.15) is 65.5 Å². The Kier molecular flexibility index (Phi) is 8.16. The third-order valence-electron chi connectivity index (χ3n) is 9.28. The molecule has 238 valence electrons. The number of carbonyl (C=O) groups is 4. The van der Waals surface area contributed by atoms with Gasteiger partial charge >= 0.3 is 23.9 Å². The van der Waals surface area contributed by atoms with Crippen LogP contribution in [0.5, 0.6) is 23.0 Å². The van der Waals surface area contributed by atoms with Gasteiger partial charge in [0, 0.05) is 30.9 Å². The van der Waals surface area contributed by atoms with Crippen molar-refractivity contribution in [3.63, 3.8) is 0 Å². The Hall–Kier alpha value is -4.96. The van der Waals surface area contributed by atoms with Gasteiger partial charge in [-0.1, -0.05) is 30.3 Å². The number of ether oxygens (including phenoxy) is 5. The summed E-state index contributed by atoms with van der Waals surface area (Å²) >= 11 is 0. The Balaban J connectivity index is 1.39. The predicted molar refractivity (Wildman–Crippen MR) is 166 cm³/mol. The van der Waals surface area contributed by atoms with E-state index in [1.54, 1.807) is 36.4 Å². The zero-order valence-corrected chi connectivity index (χ0v) is 26.3. The molecule has 3 aromatic carbocycles. The lowest BCUT2D eigenvalue weighted by molar-refractivity contribution is -0.132. The van der Waals surface area contributed by atoms with Crippen LogP contribution in [0.25, 0.3) is 0 Å². The first-order chi connectivity index (χ1) is 22.0. The number of carbonyl (C=O) groups excluding carboxylic acids is 4. The number of allylic oxidation sites excluding steroid dienone is 1. The van der Waals surface area contributed by atoms with Crippen molar-refractivity contribution < 1.29 is 42.9 Å². The third-order valence-corrected chi connectivity index (χ3v) is 9.28. The molecule has 4 atom stereocenters. The Morgan fingerprint density at radius 1 is 0.804 bits per heavy atom. The average molecular weight is 626 g/mol. The number of fused-ring (bicyclic) bond motifs is 1. The number of piperidine rings is 1. The first-order valence-corrected chi connectivity index (χ1v) is 15.2. The topological polar surface area (TPSA) is 118 Å². The van der Waals surface area contributed by atoms with Crippen LogP contribution in [0.2, 0.25) is 0 Å². The maximum absolute atomic E-state index is 13.6. The van der Waals surface area contributed by atoms with E-state index in [9.17, 15) is 19.2 Å². The lowest BCUT2D eigenvalue weighted by Crippen LogP contribution is -2.60. The molecule has 10 heteroatoms. The second kappa shape index (κ2) is 12.1. The van der Waals surface area contributed by atoms with Crippen LogP contribution in [0, 0.1) is 12.8 Å². The summed E-state index contributed by atoms with van der Waals surface area (Å²) in [6, 6.07) is 16.5. The van der Waals surface area contributed by atoms with Crippen LogP contribution in [0.3, 0.4) is 0 Å². The largest absolute Gasteiger partial charge is 0.477 e. The van der Waals surface area contributed by atoms with Crippen LogP contribution in [-0.2, 0) is 19.7 Å². The zero-order chi connectivity index (χ0) is 32.7. The highest BCUT2D eigenvalue weighted by atomic mass is 16.6. The fourth-order valence-corrected chi connectivity index (χ4v) is 7.16. The number of hydrogen-bond donors (Lipinski definition) is 0. The molecular weight excluding hydrogens is 590 g/mol. The summed E-state index contributed by atoms with van der Waals surface area (Å²) in [4.78, 5) is 52.7. The SMILES string of the molecule is CC(=O)Oc1ccccc1C(=O)OC1=CC[C@H]2[C@@H](C)N(C)CC[C@@]23c2c(C)ccc(OC(=O)c4ccccc4OC(C)=O)c2O[C@@H]13. The molecule has 3 aliphatic rings. The minimum atomic E-state index is -0.712. The Morgan fingerprint density at radius 3 is 2.00 bits per heavy atom. The lowest BCUT2D eigenvalue weighted by atomic mass is 9.57. The summed E-state index contributed by atoms with van der Waals surface area (Å²) in [5.41, 5.74) is 1.50. The van der Waals surface area contributed by atoms with Gasteiger partial charge in [-0.25, -0.2) is 9.59 Å². The molecule has 1 spiro atoms. The number of para-hydroxylation sites is 2. The van der Waals surface area contributed by atoms with E-state index in [2.05, 4.69) is 18.9 Å². The van der Waals surface area contributed by atoms with Crippen molar-refractivity contribution in [3.8, 4) is 23.0 Å². The molecule has 10 nitrogen and oxygen atoms in total. The average Bonchev–Trinajstić information content (AvgIpc) is 3.37. The molecule has 1 fully saturated rings. The Morgan fingerprint density at radius 2 is 1.39 bits per heavy atom. The van der Waals surface area contributed by atoms with Gasteiger partial charge in [0.05, 0.1) is 0 Å². The van der Waals surface area contributed by atoms with Gasteiger partial charge in [-0.05, 0) is 88.2 Å². The van der Waals surface area contributed by atoms with Gasteiger partial charge in [0.15, 0.2) is 17.6 Å². The van der Waals surface area contributed by atoms with Crippen LogP contribution in [0.4, 0.5) is 0 Å². The summed E-state index contributed by atoms with van der Waals surface area (Å²) in [7, 11) is 2.10. The molecule has 0 N–H and O–H groups in total. The van der Waals surface area contributed by atoms with Gasteiger partial charge in [0.25, 0.3) is 0 Å². The quantitative estimate of drug-likeness (QED) is 0.255. The molecular formula is C36H35NO9. The van der Waals surface area contributed by atoms with Crippen LogP contribution in [-0.4, -0.2) is 54.5 Å². The minimum absolute atomic E-state index is 0.0901. The molecule has 1 saturated heterocycles. The van der Waals surface area contributed by atoms with Crippen molar-refractivity contribution in [1.29, 1.82) is 0 Å². The van der Waals surface area contributed by atoms with E-state index in [-0.39, 0.29) is 40.3 Å². The lowest BCUT2D eigenvalue weighted by Gasteiger charge is -2.53. The van der Waals surface area contributed by atoms with Crippen molar-refractivity contribution in [2.24, 2.45) is 5.92 Å². The van der Waals surface area contributed by atoms with Crippen LogP contribution < -0.4 is 18.9 Å². The summed E-state index contributed by atoms with van der Waals surface area (Å²) in [5.74, 6) is -1.24. The van der Waals surface area contributed by atoms with E-state index in [1.807, 2.05) is 19.1 Å². The number of benzene rings is 3. The molecule has 2 aliphatic heterocycles. The summed E-state index contributed by atoms with van der Waals surface area (Å²) in [6.45, 7) is 7.48. The first kappa shape index (κ1) is 31.0. The van der Waals surface area contributed by atoms with Crippen molar-refractivity contribution in [2.75, 3.05) is 13.6 Å². The highest BCUT2D eigenvalue weighted by Gasteiger charge is 2.62. The Labute approximate surface area is 266 Å². The molecule has 0 bridgehead atoms. The molecule has 3 aromatic rings. The van der Waals surface area contributed by atoms with Crippen LogP contribution >= 0.6 is 0 Å². The fourth-order valence-electron chi connectivity index (χ4n) is 7.16. The second-order valence-electron chi connectivity index (χ2n) is 12.0. The summed E-state index contributed by atoms with van der Waals surface area (Å²) in [6.07, 6.45) is 2.55. The number of hydrogen-bond acceptors (Lipinski definition) is 10. The van der Waals surface area contributed by atoms with Gasteiger partial charge < -0.3 is 28.6 Å².